The molecule has 0 N–H and O–H groups in total. The van der Waals surface area contributed by atoms with E-state index < -0.39 is 10.0 Å². The van der Waals surface area contributed by atoms with Crippen molar-refractivity contribution in [1.82, 2.24) is 5.10 Å². The number of aromatic nitrogens is 2. The van der Waals surface area contributed by atoms with Gasteiger partial charge < -0.3 is 0 Å². The Bertz CT molecular complexity index is 945. The van der Waals surface area contributed by atoms with E-state index in [-0.39, 0.29) is 4.90 Å². The summed E-state index contributed by atoms with van der Waals surface area (Å²) in [5.41, 5.74) is 1.44. The molecule has 7 heteroatoms. The van der Waals surface area contributed by atoms with Gasteiger partial charge in [0.2, 0.25) is 0 Å². The third kappa shape index (κ3) is 3.25. The van der Waals surface area contributed by atoms with E-state index in [2.05, 4.69) is 5.10 Å². The van der Waals surface area contributed by atoms with Gasteiger partial charge in [-0.2, -0.15) is 8.42 Å². The van der Waals surface area contributed by atoms with Crippen LogP contribution < -0.4 is 9.21 Å². The molecule has 0 unspecified atom stereocenters. The van der Waals surface area contributed by atoms with Crippen molar-refractivity contribution in [2.75, 3.05) is 4.41 Å². The Kier molecular flexibility index (Phi) is 4.51. The highest BCUT2D eigenvalue weighted by atomic mass is 35.5. The van der Waals surface area contributed by atoms with Gasteiger partial charge in [-0.15, -0.1) is 0 Å². The highest BCUT2D eigenvalue weighted by Gasteiger charge is 2.34. The van der Waals surface area contributed by atoms with Crippen molar-refractivity contribution >= 4 is 27.3 Å². The molecule has 0 fully saturated rings. The van der Waals surface area contributed by atoms with Gasteiger partial charge >= 0.3 is 10.0 Å². The molecule has 0 atom stereocenters. The monoisotopic (exact) mass is 360 g/mol. The average molecular weight is 361 g/mol. The van der Waals surface area contributed by atoms with Crippen molar-refractivity contribution in [2.45, 2.75) is 11.8 Å². The fourth-order valence-corrected chi connectivity index (χ4v) is 3.72. The normalized spacial score (nSPS) is 11.2. The molecule has 0 saturated heterocycles. The lowest BCUT2D eigenvalue weighted by atomic mass is 10.2. The van der Waals surface area contributed by atoms with Crippen LogP contribution in [0.15, 0.2) is 78.0 Å². The molecule has 0 amide bonds. The predicted molar refractivity (Wildman–Crippen MR) is 92.1 cm³/mol. The van der Waals surface area contributed by atoms with Crippen LogP contribution in [0.1, 0.15) is 5.56 Å². The molecule has 1 heterocycles. The van der Waals surface area contributed by atoms with Crippen LogP contribution in [-0.4, -0.2) is 13.5 Å². The SMILES string of the molecule is Cc1ccc(S(=O)(=O)N(c2ccccc2)[n+]2cc(Cl)ccn2)cc1. The number of rotatable bonds is 4. The number of hydrogen-bond donors (Lipinski definition) is 0. The molecule has 0 bridgehead atoms. The average Bonchev–Trinajstić information content (AvgIpc) is 2.56. The maximum Gasteiger partial charge on any atom is 0.315 e. The van der Waals surface area contributed by atoms with Crippen LogP contribution in [-0.2, 0) is 10.0 Å². The molecule has 0 aliphatic heterocycles. The standard InChI is InChI=1S/C17H15ClN3O2S/c1-14-7-9-17(10-8-14)24(22,23)21(16-5-3-2-4-6-16)20-13-15(18)11-12-19-20/h2-13H,1H3/q+1. The summed E-state index contributed by atoms with van der Waals surface area (Å²) in [5.74, 6) is 0. The van der Waals surface area contributed by atoms with Gasteiger partial charge in [-0.3, -0.25) is 0 Å². The smallest absolute Gasteiger partial charge is 0.196 e. The maximum atomic E-state index is 13.2. The third-order valence-electron chi connectivity index (χ3n) is 3.37. The van der Waals surface area contributed by atoms with Crippen molar-refractivity contribution in [3.05, 3.63) is 83.6 Å². The van der Waals surface area contributed by atoms with Crippen molar-refractivity contribution < 1.29 is 13.2 Å². The van der Waals surface area contributed by atoms with Crippen LogP contribution in [0.4, 0.5) is 5.69 Å². The number of anilines is 1. The van der Waals surface area contributed by atoms with Crippen LogP contribution in [0.25, 0.3) is 0 Å². The minimum absolute atomic E-state index is 0.172. The topological polar surface area (TPSA) is 54.2 Å². The van der Waals surface area contributed by atoms with Crippen LogP contribution in [0.5, 0.6) is 0 Å². The molecule has 0 aliphatic carbocycles. The number of halogens is 1. The van der Waals surface area contributed by atoms with Crippen molar-refractivity contribution in [2.24, 2.45) is 0 Å². The molecular formula is C17H15ClN3O2S+. The number of hydrogen-bond acceptors (Lipinski definition) is 3. The summed E-state index contributed by atoms with van der Waals surface area (Å²) in [6.45, 7) is 1.90. The summed E-state index contributed by atoms with van der Waals surface area (Å²) in [6.07, 6.45) is 2.89. The Morgan fingerprint density at radius 2 is 1.67 bits per heavy atom. The van der Waals surface area contributed by atoms with Crippen molar-refractivity contribution in [3.63, 3.8) is 0 Å². The van der Waals surface area contributed by atoms with Crippen molar-refractivity contribution in [1.29, 1.82) is 0 Å². The molecule has 0 radical (unpaired) electrons. The second-order valence-corrected chi connectivity index (χ2v) is 7.37. The zero-order chi connectivity index (χ0) is 17.2. The third-order valence-corrected chi connectivity index (χ3v) is 5.29. The van der Waals surface area contributed by atoms with Crippen LogP contribution >= 0.6 is 11.6 Å². The van der Waals surface area contributed by atoms with Crippen LogP contribution in [0.2, 0.25) is 5.02 Å². The molecule has 3 rings (SSSR count). The van der Waals surface area contributed by atoms with Gasteiger partial charge in [-0.1, -0.05) is 47.5 Å². The Morgan fingerprint density at radius 1 is 1.00 bits per heavy atom. The molecule has 3 aromatic rings. The lowest BCUT2D eigenvalue weighted by Crippen LogP contribution is -2.59. The van der Waals surface area contributed by atoms with E-state index in [1.807, 2.05) is 13.0 Å². The molecule has 0 aliphatic rings. The second-order valence-electron chi connectivity index (χ2n) is 5.16. The minimum Gasteiger partial charge on any atom is -0.196 e. The first-order valence-electron chi connectivity index (χ1n) is 7.19. The molecule has 0 saturated carbocycles. The summed E-state index contributed by atoms with van der Waals surface area (Å²) in [6, 6.07) is 17.0. The van der Waals surface area contributed by atoms with Crippen molar-refractivity contribution in [3.8, 4) is 0 Å². The second kappa shape index (κ2) is 6.59. The van der Waals surface area contributed by atoms with E-state index in [0.717, 1.165) is 9.98 Å². The first kappa shape index (κ1) is 16.4. The Hall–Kier alpha value is -2.44. The maximum absolute atomic E-state index is 13.2. The highest BCUT2D eigenvalue weighted by Crippen LogP contribution is 2.21. The summed E-state index contributed by atoms with van der Waals surface area (Å²) in [7, 11) is -3.87. The molecule has 122 valence electrons. The summed E-state index contributed by atoms with van der Waals surface area (Å²) < 4.78 is 27.5. The zero-order valence-electron chi connectivity index (χ0n) is 12.9. The van der Waals surface area contributed by atoms with E-state index in [4.69, 9.17) is 11.6 Å². The largest absolute Gasteiger partial charge is 0.315 e. The molecule has 5 nitrogen and oxygen atoms in total. The number of sulfonamides is 1. The van der Waals surface area contributed by atoms with Crippen LogP contribution in [0, 0.1) is 6.92 Å². The molecule has 24 heavy (non-hydrogen) atoms. The molecular weight excluding hydrogens is 346 g/mol. The number of benzene rings is 2. The van der Waals surface area contributed by atoms with E-state index >= 15 is 0 Å². The Morgan fingerprint density at radius 3 is 2.29 bits per heavy atom. The van der Waals surface area contributed by atoms with E-state index in [1.165, 1.54) is 17.2 Å². The fraction of sp³-hybridized carbons (Fsp3) is 0.0588. The van der Waals surface area contributed by atoms with Crippen LogP contribution in [0.3, 0.4) is 0 Å². The van der Waals surface area contributed by atoms with Gasteiger partial charge in [-0.25, -0.2) is 0 Å². The van der Waals surface area contributed by atoms with Gasteiger partial charge in [0.05, 0.1) is 11.1 Å². The number of aryl methyl sites for hydroxylation is 1. The lowest BCUT2D eigenvalue weighted by Gasteiger charge is -2.16. The molecule has 0 spiro atoms. The fourth-order valence-electron chi connectivity index (χ4n) is 2.19. The predicted octanol–water partition coefficient (Wildman–Crippen LogP) is 2.99. The van der Waals surface area contributed by atoms with Gasteiger partial charge in [0, 0.05) is 9.89 Å². The van der Waals surface area contributed by atoms with Gasteiger partial charge in [0.25, 0.3) is 6.20 Å². The highest BCUT2D eigenvalue weighted by molar-refractivity contribution is 7.92. The molecule has 2 aromatic carbocycles. The van der Waals surface area contributed by atoms with E-state index in [1.54, 1.807) is 54.6 Å². The first-order valence-corrected chi connectivity index (χ1v) is 9.01. The summed E-state index contributed by atoms with van der Waals surface area (Å²) in [4.78, 5) is 1.39. The Labute approximate surface area is 145 Å². The van der Waals surface area contributed by atoms with E-state index in [0.29, 0.717) is 10.7 Å². The minimum atomic E-state index is -3.87. The van der Waals surface area contributed by atoms with E-state index in [9.17, 15) is 8.42 Å². The summed E-state index contributed by atoms with van der Waals surface area (Å²) in [5, 5.41) is 4.48. The Balaban J connectivity index is 2.19. The zero-order valence-corrected chi connectivity index (χ0v) is 14.4. The quantitative estimate of drug-likeness (QED) is 0.672. The number of para-hydroxylation sites is 1. The number of nitrogens with zero attached hydrogens (tertiary/aromatic N) is 3. The first-order chi connectivity index (χ1) is 11.5. The van der Waals surface area contributed by atoms with Gasteiger partial charge in [-0.05, 0) is 41.7 Å². The molecule has 1 aromatic heterocycles. The van der Waals surface area contributed by atoms with Gasteiger partial charge in [0.15, 0.2) is 0 Å². The van der Waals surface area contributed by atoms with Gasteiger partial charge in [0.1, 0.15) is 10.7 Å². The lowest BCUT2D eigenvalue weighted by molar-refractivity contribution is -0.727. The summed E-state index contributed by atoms with van der Waals surface area (Å²) >= 11 is 6.01.